The number of Topliss-reactive ketones (excluding diaryl/α,β-unsaturated/α-hetero) is 1. The molecule has 1 amide bonds. The van der Waals surface area contributed by atoms with E-state index in [0.717, 1.165) is 22.3 Å². The maximum absolute atomic E-state index is 13.4. The molecule has 1 unspecified atom stereocenters. The van der Waals surface area contributed by atoms with Crippen LogP contribution in [0.1, 0.15) is 30.5 Å². The molecule has 3 aromatic carbocycles. The number of hydrogen-bond donors (Lipinski definition) is 1. The molecule has 188 valence electrons. The van der Waals surface area contributed by atoms with Crippen molar-refractivity contribution in [3.63, 3.8) is 0 Å². The van der Waals surface area contributed by atoms with Gasteiger partial charge in [-0.1, -0.05) is 42.5 Å². The Labute approximate surface area is 219 Å². The number of hydrogen-bond acceptors (Lipinski definition) is 7. The summed E-state index contributed by atoms with van der Waals surface area (Å²) in [5.74, 6) is -1.02. The van der Waals surface area contributed by atoms with Gasteiger partial charge in [-0.2, -0.15) is 0 Å². The zero-order valence-electron chi connectivity index (χ0n) is 20.8. The Balaban J connectivity index is 1.64. The first-order chi connectivity index (χ1) is 17.9. The van der Waals surface area contributed by atoms with Crippen LogP contribution in [0.15, 0.2) is 78.4 Å². The van der Waals surface area contributed by atoms with Crippen molar-refractivity contribution in [3.8, 4) is 5.75 Å². The summed E-state index contributed by atoms with van der Waals surface area (Å²) in [7, 11) is 3.88. The lowest BCUT2D eigenvalue weighted by Gasteiger charge is -2.23. The van der Waals surface area contributed by atoms with E-state index in [2.05, 4.69) is 4.98 Å². The molecule has 5 rings (SSSR count). The van der Waals surface area contributed by atoms with Crippen LogP contribution in [0.3, 0.4) is 0 Å². The number of carbonyl (C=O) groups is 2. The number of thiazole rings is 1. The average molecular weight is 514 g/mol. The minimum Gasteiger partial charge on any atom is -0.507 e. The lowest BCUT2D eigenvalue weighted by Crippen LogP contribution is -2.29. The Morgan fingerprint density at radius 3 is 2.38 bits per heavy atom. The zero-order valence-corrected chi connectivity index (χ0v) is 21.7. The van der Waals surface area contributed by atoms with E-state index >= 15 is 0 Å². The molecule has 1 fully saturated rings. The van der Waals surface area contributed by atoms with E-state index < -0.39 is 17.7 Å². The predicted octanol–water partition coefficient (Wildman–Crippen LogP) is 5.78. The highest BCUT2D eigenvalue weighted by atomic mass is 32.1. The number of ketones is 1. The van der Waals surface area contributed by atoms with Gasteiger partial charge < -0.3 is 14.7 Å². The van der Waals surface area contributed by atoms with Gasteiger partial charge in [-0.3, -0.25) is 14.5 Å². The largest absolute Gasteiger partial charge is 0.507 e. The molecule has 4 aromatic rings. The van der Waals surface area contributed by atoms with Crippen LogP contribution in [0, 0.1) is 0 Å². The van der Waals surface area contributed by atoms with E-state index in [-0.39, 0.29) is 11.3 Å². The molecule has 1 N–H and O–H groups in total. The highest BCUT2D eigenvalue weighted by molar-refractivity contribution is 7.22. The Morgan fingerprint density at radius 2 is 1.73 bits per heavy atom. The summed E-state index contributed by atoms with van der Waals surface area (Å²) in [6, 6.07) is 21.2. The molecule has 0 spiro atoms. The highest BCUT2D eigenvalue weighted by Gasteiger charge is 2.48. The van der Waals surface area contributed by atoms with Crippen molar-refractivity contribution in [2.45, 2.75) is 19.4 Å². The smallest absolute Gasteiger partial charge is 0.301 e. The Hall–Kier alpha value is -4.17. The van der Waals surface area contributed by atoms with Gasteiger partial charge in [-0.05, 0) is 60.5 Å². The molecule has 0 bridgehead atoms. The van der Waals surface area contributed by atoms with Crippen LogP contribution < -0.4 is 14.5 Å². The van der Waals surface area contributed by atoms with Gasteiger partial charge in [0, 0.05) is 25.3 Å². The van der Waals surface area contributed by atoms with Gasteiger partial charge in [0.25, 0.3) is 5.78 Å². The molecule has 1 atom stereocenters. The summed E-state index contributed by atoms with van der Waals surface area (Å²) < 4.78 is 6.55. The first kappa shape index (κ1) is 24.5. The van der Waals surface area contributed by atoms with Gasteiger partial charge in [-0.15, -0.1) is 0 Å². The summed E-state index contributed by atoms with van der Waals surface area (Å²) in [5.41, 5.74) is 2.88. The normalized spacial score (nSPS) is 16.9. The molecule has 7 nitrogen and oxygen atoms in total. The number of ether oxygens (including phenoxy) is 1. The third kappa shape index (κ3) is 4.56. The number of aromatic nitrogens is 1. The number of nitrogens with zero attached hydrogens (tertiary/aromatic N) is 3. The number of para-hydroxylation sites is 1. The minimum absolute atomic E-state index is 0.0316. The standard InChI is InChI=1S/C29H27N3O4S/c1-4-17-36-21-15-11-19(12-16-21)26(33)24-25(18-9-13-20(14-10-18)31(2)3)32(28(35)27(24)34)29-30-22-7-5-6-8-23(22)37-29/h5-16,25,33H,4,17H2,1-3H3/b26-24+. The number of benzene rings is 3. The van der Waals surface area contributed by atoms with Crippen molar-refractivity contribution in [3.05, 3.63) is 89.5 Å². The molecule has 0 radical (unpaired) electrons. The van der Waals surface area contributed by atoms with Crippen molar-refractivity contribution >= 4 is 49.8 Å². The van der Waals surface area contributed by atoms with E-state index in [4.69, 9.17) is 4.74 Å². The average Bonchev–Trinajstić information content (AvgIpc) is 3.45. The van der Waals surface area contributed by atoms with Crippen LogP contribution in [-0.4, -0.2) is 42.5 Å². The molecule has 1 aliphatic heterocycles. The van der Waals surface area contributed by atoms with Gasteiger partial charge in [0.2, 0.25) is 0 Å². The Morgan fingerprint density at radius 1 is 1.03 bits per heavy atom. The SMILES string of the molecule is CCCOc1ccc(/C(O)=C2\C(=O)C(=O)N(c3nc4ccccc4s3)C2c2ccc(N(C)C)cc2)cc1. The van der Waals surface area contributed by atoms with Crippen LogP contribution >= 0.6 is 11.3 Å². The first-order valence-corrected chi connectivity index (χ1v) is 12.9. The molecule has 1 aromatic heterocycles. The van der Waals surface area contributed by atoms with E-state index in [1.165, 1.54) is 16.2 Å². The van der Waals surface area contributed by atoms with Gasteiger partial charge >= 0.3 is 5.91 Å². The Bertz CT molecular complexity index is 1460. The molecule has 37 heavy (non-hydrogen) atoms. The number of fused-ring (bicyclic) bond motifs is 1. The summed E-state index contributed by atoms with van der Waals surface area (Å²) in [6.07, 6.45) is 0.879. The number of amides is 1. The molecular weight excluding hydrogens is 486 g/mol. The van der Waals surface area contributed by atoms with Gasteiger partial charge in [0.1, 0.15) is 11.5 Å². The second-order valence-electron chi connectivity index (χ2n) is 8.99. The van der Waals surface area contributed by atoms with E-state index in [9.17, 15) is 14.7 Å². The molecule has 0 saturated carbocycles. The fraction of sp³-hybridized carbons (Fsp3) is 0.207. The Kier molecular flexibility index (Phi) is 6.67. The summed E-state index contributed by atoms with van der Waals surface area (Å²) in [6.45, 7) is 2.61. The van der Waals surface area contributed by atoms with Crippen molar-refractivity contribution in [2.24, 2.45) is 0 Å². The van der Waals surface area contributed by atoms with Crippen molar-refractivity contribution in [1.29, 1.82) is 0 Å². The molecule has 1 aliphatic rings. The third-order valence-corrected chi connectivity index (χ3v) is 7.29. The molecule has 2 heterocycles. The van der Waals surface area contributed by atoms with E-state index in [1.54, 1.807) is 24.3 Å². The van der Waals surface area contributed by atoms with Crippen LogP contribution in [0.5, 0.6) is 5.75 Å². The number of anilines is 2. The lowest BCUT2D eigenvalue weighted by molar-refractivity contribution is -0.132. The highest BCUT2D eigenvalue weighted by Crippen LogP contribution is 2.44. The minimum atomic E-state index is -0.826. The number of carbonyl (C=O) groups excluding carboxylic acids is 2. The second kappa shape index (κ2) is 10.1. The fourth-order valence-corrected chi connectivity index (χ4v) is 5.34. The van der Waals surface area contributed by atoms with Crippen molar-refractivity contribution < 1.29 is 19.4 Å². The molecular formula is C29H27N3O4S. The van der Waals surface area contributed by atoms with Gasteiger partial charge in [0.05, 0.1) is 28.4 Å². The van der Waals surface area contributed by atoms with Crippen LogP contribution in [0.25, 0.3) is 16.0 Å². The fourth-order valence-electron chi connectivity index (χ4n) is 4.35. The quantitative estimate of drug-likeness (QED) is 0.192. The van der Waals surface area contributed by atoms with Gasteiger partial charge in [0.15, 0.2) is 5.13 Å². The first-order valence-electron chi connectivity index (χ1n) is 12.1. The van der Waals surface area contributed by atoms with Crippen LogP contribution in [0.2, 0.25) is 0 Å². The lowest BCUT2D eigenvalue weighted by atomic mass is 9.95. The maximum Gasteiger partial charge on any atom is 0.301 e. The van der Waals surface area contributed by atoms with E-state index in [1.807, 2.05) is 74.4 Å². The monoisotopic (exact) mass is 513 g/mol. The summed E-state index contributed by atoms with van der Waals surface area (Å²) in [5, 5.41) is 11.8. The maximum atomic E-state index is 13.4. The molecule has 0 aliphatic carbocycles. The predicted molar refractivity (Wildman–Crippen MR) is 147 cm³/mol. The molecule has 8 heteroatoms. The van der Waals surface area contributed by atoms with Crippen LogP contribution in [0.4, 0.5) is 10.8 Å². The number of aliphatic hydroxyl groups is 1. The number of aliphatic hydroxyl groups excluding tert-OH is 1. The van der Waals surface area contributed by atoms with Crippen LogP contribution in [-0.2, 0) is 9.59 Å². The van der Waals surface area contributed by atoms with Crippen molar-refractivity contribution in [1.82, 2.24) is 4.98 Å². The van der Waals surface area contributed by atoms with Gasteiger partial charge in [-0.25, -0.2) is 4.98 Å². The van der Waals surface area contributed by atoms with Crippen molar-refractivity contribution in [2.75, 3.05) is 30.5 Å². The zero-order chi connectivity index (χ0) is 26.1. The number of rotatable bonds is 7. The molecule has 1 saturated heterocycles. The van der Waals surface area contributed by atoms with E-state index in [0.29, 0.717) is 28.6 Å². The summed E-state index contributed by atoms with van der Waals surface area (Å²) >= 11 is 1.34. The third-order valence-electron chi connectivity index (χ3n) is 6.26. The second-order valence-corrected chi connectivity index (χ2v) is 10.0. The topological polar surface area (TPSA) is 83.0 Å². The summed E-state index contributed by atoms with van der Waals surface area (Å²) in [4.78, 5) is 34.9.